The molecule has 1 rings (SSSR count). The first-order valence-electron chi connectivity index (χ1n) is 22.9. The van der Waals surface area contributed by atoms with Crippen molar-refractivity contribution in [2.45, 2.75) is 198 Å². The molecule has 1 saturated carbocycles. The molecular weight excluding hydrogens is 874 g/mol. The van der Waals surface area contributed by atoms with Crippen LogP contribution < -0.4 is 0 Å². The number of esters is 2. The molecule has 1 fully saturated rings. The van der Waals surface area contributed by atoms with Crippen molar-refractivity contribution in [3.05, 3.63) is 60.8 Å². The van der Waals surface area contributed by atoms with Gasteiger partial charge in [-0.1, -0.05) is 132 Å². The van der Waals surface area contributed by atoms with Crippen LogP contribution in [0.5, 0.6) is 0 Å². The molecule has 0 aromatic heterocycles. The molecule has 17 nitrogen and oxygen atoms in total. The zero-order valence-corrected chi connectivity index (χ0v) is 39.6. The Morgan fingerprint density at radius 3 is 1.77 bits per heavy atom. The van der Waals surface area contributed by atoms with E-state index in [2.05, 4.69) is 30.5 Å². The van der Waals surface area contributed by atoms with Crippen LogP contribution in [0.2, 0.25) is 0 Å². The Kier molecular flexibility index (Phi) is 33.4. The van der Waals surface area contributed by atoms with Crippen molar-refractivity contribution in [1.29, 1.82) is 0 Å². The average molecular weight is 953 g/mol. The largest absolute Gasteiger partial charge is 0.472 e. The molecule has 0 aromatic carbocycles. The molecule has 5 unspecified atom stereocenters. The minimum atomic E-state index is -5.38. The summed E-state index contributed by atoms with van der Waals surface area (Å²) < 4.78 is 49.2. The normalized spacial score (nSPS) is 22.8. The fourth-order valence-electron chi connectivity index (χ4n) is 6.53. The van der Waals surface area contributed by atoms with Gasteiger partial charge in [0.25, 0.3) is 0 Å². The van der Waals surface area contributed by atoms with Crippen LogP contribution in [-0.4, -0.2) is 114 Å². The highest BCUT2D eigenvalue weighted by atomic mass is 31.2. The van der Waals surface area contributed by atoms with E-state index < -0.39 is 89.6 Å². The van der Waals surface area contributed by atoms with Gasteiger partial charge in [0.05, 0.1) is 12.7 Å². The zero-order valence-electron chi connectivity index (χ0n) is 37.8. The number of aliphatic hydroxyl groups is 5. The van der Waals surface area contributed by atoms with Crippen LogP contribution in [0.3, 0.4) is 0 Å². The molecule has 0 radical (unpaired) electrons. The number of carbonyl (C=O) groups excluding carboxylic acids is 2. The number of ether oxygens (including phenoxy) is 2. The highest BCUT2D eigenvalue weighted by Gasteiger charge is 2.54. The molecule has 1 aliphatic carbocycles. The van der Waals surface area contributed by atoms with E-state index >= 15 is 0 Å². The van der Waals surface area contributed by atoms with Crippen molar-refractivity contribution in [3.63, 3.8) is 0 Å². The third-order valence-corrected chi connectivity index (χ3v) is 11.7. The lowest BCUT2D eigenvalue weighted by atomic mass is 9.85. The van der Waals surface area contributed by atoms with E-state index in [9.17, 15) is 49.1 Å². The third kappa shape index (κ3) is 30.0. The Hall–Kier alpha value is -2.34. The van der Waals surface area contributed by atoms with Crippen LogP contribution in [0.1, 0.15) is 149 Å². The maximum atomic E-state index is 13.0. The Morgan fingerprint density at radius 1 is 0.578 bits per heavy atom. The molecule has 0 aromatic rings. The number of rotatable bonds is 37. The van der Waals surface area contributed by atoms with Crippen LogP contribution >= 0.6 is 15.6 Å². The molecule has 64 heavy (non-hydrogen) atoms. The summed E-state index contributed by atoms with van der Waals surface area (Å²) in [5, 5.41) is 51.1. The molecule has 0 bridgehead atoms. The maximum absolute atomic E-state index is 13.0. The van der Waals surface area contributed by atoms with Crippen molar-refractivity contribution in [2.24, 2.45) is 0 Å². The number of hydrogen-bond acceptors (Lipinski definition) is 14. The van der Waals surface area contributed by atoms with Crippen LogP contribution in [0.4, 0.5) is 0 Å². The minimum absolute atomic E-state index is 0.0556. The van der Waals surface area contributed by atoms with Gasteiger partial charge in [-0.05, 0) is 64.2 Å². The average Bonchev–Trinajstić information content (AvgIpc) is 3.24. The number of aliphatic hydroxyl groups excluding tert-OH is 5. The van der Waals surface area contributed by atoms with Gasteiger partial charge in [-0.3, -0.25) is 23.2 Å². The van der Waals surface area contributed by atoms with E-state index in [1.807, 2.05) is 42.5 Å². The molecule has 370 valence electrons. The molecule has 1 aliphatic rings. The summed E-state index contributed by atoms with van der Waals surface area (Å²) in [5.41, 5.74) is 0. The molecule has 0 heterocycles. The van der Waals surface area contributed by atoms with Gasteiger partial charge in [-0.2, -0.15) is 0 Å². The first-order valence-corrected chi connectivity index (χ1v) is 26.0. The van der Waals surface area contributed by atoms with E-state index in [1.54, 1.807) is 6.08 Å². The van der Waals surface area contributed by atoms with Crippen molar-refractivity contribution >= 4 is 27.6 Å². The summed E-state index contributed by atoms with van der Waals surface area (Å²) in [4.78, 5) is 54.2. The Labute approximate surface area is 380 Å². The number of phosphoric ester groups is 2. The number of phosphoric acid groups is 2. The Morgan fingerprint density at radius 2 is 1.11 bits per heavy atom. The van der Waals surface area contributed by atoms with E-state index in [0.29, 0.717) is 25.7 Å². The molecule has 0 saturated heterocycles. The summed E-state index contributed by atoms with van der Waals surface area (Å²) in [6.07, 6.45) is 22.3. The molecular formula is C45H78O17P2. The number of hydrogen-bond donors (Lipinski definition) is 8. The van der Waals surface area contributed by atoms with Gasteiger partial charge < -0.3 is 49.7 Å². The van der Waals surface area contributed by atoms with Crippen LogP contribution in [0, 0.1) is 0 Å². The molecule has 19 heteroatoms. The molecule has 9 atom stereocenters. The van der Waals surface area contributed by atoms with Gasteiger partial charge in [-0.15, -0.1) is 0 Å². The van der Waals surface area contributed by atoms with Gasteiger partial charge in [0, 0.05) is 12.8 Å². The van der Waals surface area contributed by atoms with Gasteiger partial charge >= 0.3 is 27.6 Å². The lowest BCUT2D eigenvalue weighted by molar-refractivity contribution is -0.216. The van der Waals surface area contributed by atoms with E-state index in [4.69, 9.17) is 28.3 Å². The molecule has 0 amide bonds. The number of carbonyl (C=O) groups is 2. The second-order valence-corrected chi connectivity index (χ2v) is 18.6. The van der Waals surface area contributed by atoms with Gasteiger partial charge in [-0.25, -0.2) is 9.13 Å². The Bertz CT molecular complexity index is 1490. The highest BCUT2D eigenvalue weighted by Crippen LogP contribution is 2.49. The van der Waals surface area contributed by atoms with Gasteiger partial charge in [0.15, 0.2) is 6.10 Å². The fourth-order valence-corrected chi connectivity index (χ4v) is 8.07. The second kappa shape index (κ2) is 35.8. The maximum Gasteiger partial charge on any atom is 0.472 e. The summed E-state index contributed by atoms with van der Waals surface area (Å²) in [6.45, 7) is 2.90. The molecule has 0 spiro atoms. The van der Waals surface area contributed by atoms with E-state index in [0.717, 1.165) is 70.6 Å². The predicted octanol–water partition coefficient (Wildman–Crippen LogP) is 7.25. The summed E-state index contributed by atoms with van der Waals surface area (Å²) in [6, 6.07) is 0. The number of allylic oxidation sites excluding steroid dienone is 9. The minimum Gasteiger partial charge on any atom is -0.462 e. The SMILES string of the molecule is CCCCCC/C=C\CCCCCCCC(=O)OC[C@H](COP(=O)(O)O[C@H]1C(O)C(O)C(O)[C@@H](OP(=O)(O)O)C1O)OC(=O)CCC/C=C\C/C=C\C/C=C\C=C\[C@@H](O)CCCCC. The van der Waals surface area contributed by atoms with Crippen LogP contribution in [-0.2, 0) is 41.8 Å². The Balaban J connectivity index is 2.68. The lowest BCUT2D eigenvalue weighted by Gasteiger charge is -2.43. The number of unbranched alkanes of at least 4 members (excludes halogenated alkanes) is 12. The smallest absolute Gasteiger partial charge is 0.462 e. The quantitative estimate of drug-likeness (QED) is 0.0100. The summed E-state index contributed by atoms with van der Waals surface area (Å²) in [5.74, 6) is -1.31. The monoisotopic (exact) mass is 952 g/mol. The topological polar surface area (TPSA) is 276 Å². The van der Waals surface area contributed by atoms with Crippen molar-refractivity contribution in [2.75, 3.05) is 13.2 Å². The van der Waals surface area contributed by atoms with Crippen molar-refractivity contribution in [3.8, 4) is 0 Å². The lowest BCUT2D eigenvalue weighted by Crippen LogP contribution is -2.64. The fraction of sp³-hybridized carbons (Fsp3) is 0.733. The van der Waals surface area contributed by atoms with Gasteiger partial charge in [0.2, 0.25) is 0 Å². The summed E-state index contributed by atoms with van der Waals surface area (Å²) >= 11 is 0. The zero-order chi connectivity index (χ0) is 47.6. The van der Waals surface area contributed by atoms with Crippen LogP contribution in [0.15, 0.2) is 60.8 Å². The van der Waals surface area contributed by atoms with Crippen molar-refractivity contribution < 1.29 is 82.0 Å². The standard InChI is InChI=1S/C45H78O17P2/c1-3-5-7-8-9-10-11-12-15-18-21-24-28-32-38(47)58-34-37(35-59-64(56,57)62-45-42(51)40(49)41(50)44(43(45)52)61-63(53,54)55)60-39(48)33-29-25-22-19-16-13-14-17-20-23-27-31-36(46)30-26-6-4-2/h10-11,13-14,19-20,22-23,27,31,36-37,40-46,49-52H,3-9,12,15-18,21,24-26,28-30,32-35H2,1-2H3,(H,56,57)(H2,53,54,55)/b11-10-,14-13-,22-19-,23-20-,31-27+/t36-,37+,40?,41?,42?,43?,44+,45-/m0/s1. The molecule has 8 N–H and O–H groups in total. The first-order chi connectivity index (χ1) is 30.5. The highest BCUT2D eigenvalue weighted by molar-refractivity contribution is 7.47. The van der Waals surface area contributed by atoms with E-state index in [1.165, 1.54) is 25.7 Å². The second-order valence-electron chi connectivity index (χ2n) is 16.0. The van der Waals surface area contributed by atoms with E-state index in [-0.39, 0.29) is 12.8 Å². The van der Waals surface area contributed by atoms with Gasteiger partial charge in [0.1, 0.15) is 43.2 Å². The predicted molar refractivity (Wildman–Crippen MR) is 242 cm³/mol. The van der Waals surface area contributed by atoms with Crippen LogP contribution in [0.25, 0.3) is 0 Å². The van der Waals surface area contributed by atoms with Crippen molar-refractivity contribution in [1.82, 2.24) is 0 Å². The summed E-state index contributed by atoms with van der Waals surface area (Å²) in [7, 11) is -10.7. The molecule has 0 aliphatic heterocycles. The first kappa shape index (κ1) is 59.7. The third-order valence-electron chi connectivity index (χ3n) is 10.2.